The predicted molar refractivity (Wildman–Crippen MR) is 71.7 cm³/mol. The molecule has 0 unspecified atom stereocenters. The molecule has 0 aliphatic carbocycles. The average Bonchev–Trinajstić information content (AvgIpc) is 2.25. The molecule has 0 aromatic heterocycles. The van der Waals surface area contributed by atoms with Crippen molar-refractivity contribution in [3.63, 3.8) is 0 Å². The standard InChI is InChI=1S/C11H19NO2S2/c1-8-5-4-6-9(2)12(8)11(15)16-7-10(13)14-3/h8-9H,4-7H2,1-3H3/t8-,9+. The first-order valence-electron chi connectivity index (χ1n) is 5.58. The molecule has 92 valence electrons. The second-order valence-electron chi connectivity index (χ2n) is 4.17. The van der Waals surface area contributed by atoms with E-state index in [1.54, 1.807) is 0 Å². The van der Waals surface area contributed by atoms with Gasteiger partial charge in [0.05, 0.1) is 12.9 Å². The Bertz CT molecular complexity index is 261. The summed E-state index contributed by atoms with van der Waals surface area (Å²) in [6, 6.07) is 0.975. The SMILES string of the molecule is COC(=O)CSC(=S)N1[C@H](C)CCC[C@@H]1C. The smallest absolute Gasteiger partial charge is 0.316 e. The molecule has 0 aromatic rings. The Morgan fingerprint density at radius 3 is 2.50 bits per heavy atom. The van der Waals surface area contributed by atoms with E-state index in [1.807, 2.05) is 0 Å². The van der Waals surface area contributed by atoms with Crippen LogP contribution in [0.3, 0.4) is 0 Å². The van der Waals surface area contributed by atoms with Crippen LogP contribution in [0.25, 0.3) is 0 Å². The zero-order chi connectivity index (χ0) is 12.1. The topological polar surface area (TPSA) is 29.5 Å². The Kier molecular flexibility index (Phi) is 5.55. The fraction of sp³-hybridized carbons (Fsp3) is 0.818. The minimum absolute atomic E-state index is 0.218. The second-order valence-corrected chi connectivity index (χ2v) is 5.78. The van der Waals surface area contributed by atoms with E-state index in [-0.39, 0.29) is 5.97 Å². The van der Waals surface area contributed by atoms with Crippen LogP contribution in [-0.2, 0) is 9.53 Å². The highest BCUT2D eigenvalue weighted by Crippen LogP contribution is 2.26. The lowest BCUT2D eigenvalue weighted by Crippen LogP contribution is -2.45. The van der Waals surface area contributed by atoms with E-state index in [2.05, 4.69) is 23.5 Å². The van der Waals surface area contributed by atoms with Crippen molar-refractivity contribution in [2.24, 2.45) is 0 Å². The molecular formula is C11H19NO2S2. The van der Waals surface area contributed by atoms with Crippen LogP contribution < -0.4 is 0 Å². The average molecular weight is 261 g/mol. The summed E-state index contributed by atoms with van der Waals surface area (Å²) in [6.45, 7) is 4.39. The number of ether oxygens (including phenoxy) is 1. The molecule has 0 N–H and O–H groups in total. The first-order valence-corrected chi connectivity index (χ1v) is 6.97. The molecule has 1 fully saturated rings. The van der Waals surface area contributed by atoms with Crippen molar-refractivity contribution in [2.45, 2.75) is 45.2 Å². The minimum Gasteiger partial charge on any atom is -0.468 e. The summed E-state index contributed by atoms with van der Waals surface area (Å²) >= 11 is 6.78. The van der Waals surface area contributed by atoms with Gasteiger partial charge in [-0.1, -0.05) is 24.0 Å². The van der Waals surface area contributed by atoms with Crippen molar-refractivity contribution in [1.82, 2.24) is 4.90 Å². The van der Waals surface area contributed by atoms with Crippen LogP contribution in [0.5, 0.6) is 0 Å². The van der Waals surface area contributed by atoms with Crippen molar-refractivity contribution in [3.8, 4) is 0 Å². The zero-order valence-corrected chi connectivity index (χ0v) is 11.7. The number of likely N-dealkylation sites (tertiary alicyclic amines) is 1. The first kappa shape index (κ1) is 13.8. The van der Waals surface area contributed by atoms with Gasteiger partial charge in [-0.05, 0) is 33.1 Å². The predicted octanol–water partition coefficient (Wildman–Crippen LogP) is 2.44. The van der Waals surface area contributed by atoms with Gasteiger partial charge in [0.25, 0.3) is 0 Å². The summed E-state index contributed by atoms with van der Waals surface area (Å²) < 4.78 is 5.43. The van der Waals surface area contributed by atoms with E-state index < -0.39 is 0 Å². The number of esters is 1. The minimum atomic E-state index is -0.218. The molecule has 16 heavy (non-hydrogen) atoms. The summed E-state index contributed by atoms with van der Waals surface area (Å²) in [6.07, 6.45) is 3.63. The molecule has 5 heteroatoms. The highest BCUT2D eigenvalue weighted by atomic mass is 32.2. The first-order chi connectivity index (χ1) is 7.56. The second kappa shape index (κ2) is 6.45. The molecule has 1 heterocycles. The maximum Gasteiger partial charge on any atom is 0.316 e. The van der Waals surface area contributed by atoms with Gasteiger partial charge in [0, 0.05) is 12.1 Å². The van der Waals surface area contributed by atoms with Gasteiger partial charge in [0.1, 0.15) is 4.32 Å². The maximum absolute atomic E-state index is 11.0. The highest BCUT2D eigenvalue weighted by molar-refractivity contribution is 8.23. The number of hydrogen-bond donors (Lipinski definition) is 0. The molecule has 2 atom stereocenters. The van der Waals surface area contributed by atoms with E-state index in [0.29, 0.717) is 17.8 Å². The fourth-order valence-electron chi connectivity index (χ4n) is 2.04. The largest absolute Gasteiger partial charge is 0.468 e. The Morgan fingerprint density at radius 2 is 2.00 bits per heavy atom. The quantitative estimate of drug-likeness (QED) is 0.562. The number of piperidine rings is 1. The summed E-state index contributed by atoms with van der Waals surface area (Å²) in [7, 11) is 1.40. The fourth-order valence-corrected chi connectivity index (χ4v) is 3.44. The number of rotatable bonds is 2. The normalized spacial score (nSPS) is 25.3. The number of methoxy groups -OCH3 is 1. The van der Waals surface area contributed by atoms with E-state index in [0.717, 1.165) is 4.32 Å². The van der Waals surface area contributed by atoms with Crippen LogP contribution in [0.4, 0.5) is 0 Å². The lowest BCUT2D eigenvalue weighted by atomic mass is 9.99. The van der Waals surface area contributed by atoms with Gasteiger partial charge in [-0.3, -0.25) is 4.79 Å². The molecule has 0 spiro atoms. The summed E-state index contributed by atoms with van der Waals surface area (Å²) in [5.74, 6) is 0.0929. The van der Waals surface area contributed by atoms with Gasteiger partial charge >= 0.3 is 5.97 Å². The molecule has 0 aromatic carbocycles. The van der Waals surface area contributed by atoms with E-state index >= 15 is 0 Å². The van der Waals surface area contributed by atoms with Gasteiger partial charge in [-0.2, -0.15) is 0 Å². The molecule has 1 rings (SSSR count). The van der Waals surface area contributed by atoms with Crippen LogP contribution in [0.1, 0.15) is 33.1 Å². The van der Waals surface area contributed by atoms with Crippen LogP contribution in [0, 0.1) is 0 Å². The third-order valence-corrected chi connectivity index (χ3v) is 4.35. The Morgan fingerprint density at radius 1 is 1.44 bits per heavy atom. The van der Waals surface area contributed by atoms with Crippen LogP contribution >= 0.6 is 24.0 Å². The third-order valence-electron chi connectivity index (χ3n) is 2.95. The van der Waals surface area contributed by atoms with Crippen LogP contribution in [-0.4, -0.2) is 40.1 Å². The number of hydrogen-bond acceptors (Lipinski definition) is 4. The van der Waals surface area contributed by atoms with E-state index in [4.69, 9.17) is 12.2 Å². The molecule has 0 bridgehead atoms. The van der Waals surface area contributed by atoms with Gasteiger partial charge in [0.15, 0.2) is 0 Å². The van der Waals surface area contributed by atoms with Crippen LogP contribution in [0.15, 0.2) is 0 Å². The van der Waals surface area contributed by atoms with Crippen molar-refractivity contribution in [2.75, 3.05) is 12.9 Å². The third kappa shape index (κ3) is 3.63. The molecule has 3 nitrogen and oxygen atoms in total. The number of thioether (sulfide) groups is 1. The Labute approximate surface area is 107 Å². The Hall–Kier alpha value is -0.290. The lowest BCUT2D eigenvalue weighted by molar-refractivity contribution is -0.137. The monoisotopic (exact) mass is 261 g/mol. The van der Waals surface area contributed by atoms with Crippen molar-refractivity contribution >= 4 is 34.3 Å². The van der Waals surface area contributed by atoms with Crippen LogP contribution in [0.2, 0.25) is 0 Å². The maximum atomic E-state index is 11.0. The molecule has 0 amide bonds. The van der Waals surface area contributed by atoms with E-state index in [1.165, 1.54) is 38.1 Å². The number of carbonyl (C=O) groups excluding carboxylic acids is 1. The zero-order valence-electron chi connectivity index (χ0n) is 10.1. The highest BCUT2D eigenvalue weighted by Gasteiger charge is 2.27. The molecule has 0 saturated carbocycles. The summed E-state index contributed by atoms with van der Waals surface area (Å²) in [4.78, 5) is 13.3. The molecule has 1 aliphatic heterocycles. The summed E-state index contributed by atoms with van der Waals surface area (Å²) in [5.41, 5.74) is 0. The van der Waals surface area contributed by atoms with Gasteiger partial charge in [0.2, 0.25) is 0 Å². The van der Waals surface area contributed by atoms with Gasteiger partial charge in [-0.15, -0.1) is 0 Å². The van der Waals surface area contributed by atoms with E-state index in [9.17, 15) is 4.79 Å². The van der Waals surface area contributed by atoms with Gasteiger partial charge < -0.3 is 9.64 Å². The number of nitrogens with zero attached hydrogens (tertiary/aromatic N) is 1. The molecule has 0 radical (unpaired) electrons. The number of carbonyl (C=O) groups is 1. The van der Waals surface area contributed by atoms with Gasteiger partial charge in [-0.25, -0.2) is 0 Å². The van der Waals surface area contributed by atoms with Crippen molar-refractivity contribution < 1.29 is 9.53 Å². The summed E-state index contributed by atoms with van der Waals surface area (Å²) in [5, 5.41) is 0. The van der Waals surface area contributed by atoms with Crippen molar-refractivity contribution in [3.05, 3.63) is 0 Å². The molecule has 1 aliphatic rings. The number of thiocarbonyl (C=S) groups is 1. The molecule has 1 saturated heterocycles. The molecular weight excluding hydrogens is 242 g/mol. The lowest BCUT2D eigenvalue weighted by Gasteiger charge is -2.40. The van der Waals surface area contributed by atoms with Crippen molar-refractivity contribution in [1.29, 1.82) is 0 Å². The Balaban J connectivity index is 2.47.